The van der Waals surface area contributed by atoms with Crippen LogP contribution in [0.3, 0.4) is 0 Å². The van der Waals surface area contributed by atoms with Gasteiger partial charge in [0.2, 0.25) is 0 Å². The minimum absolute atomic E-state index is 0.0333. The van der Waals surface area contributed by atoms with Gasteiger partial charge >= 0.3 is 0 Å². The van der Waals surface area contributed by atoms with Crippen molar-refractivity contribution in [2.24, 2.45) is 0 Å². The zero-order chi connectivity index (χ0) is 19.4. The maximum absolute atomic E-state index is 12.7. The van der Waals surface area contributed by atoms with Gasteiger partial charge in [-0.1, -0.05) is 46.3 Å². The number of nitrogens with zero attached hydrogens (tertiary/aromatic N) is 2. The van der Waals surface area contributed by atoms with E-state index in [2.05, 4.69) is 46.8 Å². The van der Waals surface area contributed by atoms with E-state index in [0.29, 0.717) is 6.54 Å². The van der Waals surface area contributed by atoms with Gasteiger partial charge in [0.25, 0.3) is 5.91 Å². The number of amides is 1. The van der Waals surface area contributed by atoms with E-state index in [1.165, 1.54) is 5.56 Å². The van der Waals surface area contributed by atoms with E-state index < -0.39 is 0 Å². The Bertz CT molecular complexity index is 768. The standard InChI is InChI=1S/C22H27BrN2O2/c1-16-12-25(13-17(2)27-16)14-18-8-10-19(11-9-18)22(26)24(3)15-20-6-4-5-7-21(20)23/h4-11,16-17H,12-15H2,1-3H3. The van der Waals surface area contributed by atoms with Crippen LogP contribution in [-0.2, 0) is 17.8 Å². The third kappa shape index (κ3) is 5.41. The van der Waals surface area contributed by atoms with Crippen molar-refractivity contribution >= 4 is 21.8 Å². The molecule has 1 saturated heterocycles. The maximum Gasteiger partial charge on any atom is 0.253 e. The molecule has 4 nitrogen and oxygen atoms in total. The maximum atomic E-state index is 12.7. The van der Waals surface area contributed by atoms with E-state index in [1.54, 1.807) is 4.90 Å². The molecule has 2 atom stereocenters. The number of hydrogen-bond acceptors (Lipinski definition) is 3. The van der Waals surface area contributed by atoms with Crippen molar-refractivity contribution < 1.29 is 9.53 Å². The molecular formula is C22H27BrN2O2. The molecule has 1 fully saturated rings. The van der Waals surface area contributed by atoms with Crippen LogP contribution in [0.2, 0.25) is 0 Å². The van der Waals surface area contributed by atoms with E-state index >= 15 is 0 Å². The molecule has 2 aromatic rings. The number of rotatable bonds is 5. The Kier molecular flexibility index (Phi) is 6.68. The van der Waals surface area contributed by atoms with Gasteiger partial charge in [0.05, 0.1) is 12.2 Å². The highest BCUT2D eigenvalue weighted by Crippen LogP contribution is 2.19. The van der Waals surface area contributed by atoms with Gasteiger partial charge in [-0.15, -0.1) is 0 Å². The van der Waals surface area contributed by atoms with E-state index in [0.717, 1.165) is 35.2 Å². The zero-order valence-corrected chi connectivity index (χ0v) is 17.8. The first-order valence-electron chi connectivity index (χ1n) is 9.38. The average Bonchev–Trinajstić information content (AvgIpc) is 2.63. The minimum Gasteiger partial charge on any atom is -0.373 e. The van der Waals surface area contributed by atoms with Crippen LogP contribution in [0.5, 0.6) is 0 Å². The summed E-state index contributed by atoms with van der Waals surface area (Å²) < 4.78 is 6.82. The van der Waals surface area contributed by atoms with Crippen LogP contribution in [0.4, 0.5) is 0 Å². The Morgan fingerprint density at radius 2 is 1.74 bits per heavy atom. The van der Waals surface area contributed by atoms with Gasteiger partial charge in [-0.3, -0.25) is 9.69 Å². The fourth-order valence-electron chi connectivity index (χ4n) is 3.60. The monoisotopic (exact) mass is 430 g/mol. The average molecular weight is 431 g/mol. The molecule has 0 bridgehead atoms. The molecule has 2 aromatic carbocycles. The lowest BCUT2D eigenvalue weighted by Crippen LogP contribution is -2.44. The Balaban J connectivity index is 1.60. The largest absolute Gasteiger partial charge is 0.373 e. The van der Waals surface area contributed by atoms with Crippen molar-refractivity contribution in [1.82, 2.24) is 9.80 Å². The summed E-state index contributed by atoms with van der Waals surface area (Å²) in [6.07, 6.45) is 0.529. The van der Waals surface area contributed by atoms with Crippen molar-refractivity contribution in [3.05, 3.63) is 69.7 Å². The summed E-state index contributed by atoms with van der Waals surface area (Å²) in [5, 5.41) is 0. The number of halogens is 1. The lowest BCUT2D eigenvalue weighted by atomic mass is 10.1. The molecule has 3 rings (SSSR count). The second kappa shape index (κ2) is 9.00. The van der Waals surface area contributed by atoms with Crippen LogP contribution in [0.1, 0.15) is 35.3 Å². The SMILES string of the molecule is CC1CN(Cc2ccc(C(=O)N(C)Cc3ccccc3Br)cc2)CC(C)O1. The Morgan fingerprint density at radius 3 is 2.37 bits per heavy atom. The molecule has 1 heterocycles. The molecule has 144 valence electrons. The van der Waals surface area contributed by atoms with Gasteiger partial charge in [-0.25, -0.2) is 0 Å². The van der Waals surface area contributed by atoms with Crippen molar-refractivity contribution in [2.45, 2.75) is 39.1 Å². The molecule has 27 heavy (non-hydrogen) atoms. The first kappa shape index (κ1) is 20.1. The van der Waals surface area contributed by atoms with Crippen LogP contribution in [-0.4, -0.2) is 48.1 Å². The van der Waals surface area contributed by atoms with Gasteiger partial charge in [-0.05, 0) is 43.2 Å². The highest BCUT2D eigenvalue weighted by Gasteiger charge is 2.22. The molecule has 0 aliphatic carbocycles. The number of ether oxygens (including phenoxy) is 1. The van der Waals surface area contributed by atoms with Gasteiger partial charge in [0.15, 0.2) is 0 Å². The molecular weight excluding hydrogens is 404 g/mol. The van der Waals surface area contributed by atoms with Crippen molar-refractivity contribution in [1.29, 1.82) is 0 Å². The predicted molar refractivity (Wildman–Crippen MR) is 112 cm³/mol. The fraction of sp³-hybridized carbons (Fsp3) is 0.409. The molecule has 1 aliphatic rings. The molecule has 0 saturated carbocycles. The van der Waals surface area contributed by atoms with E-state index in [-0.39, 0.29) is 18.1 Å². The van der Waals surface area contributed by atoms with Crippen LogP contribution in [0.15, 0.2) is 53.0 Å². The second-order valence-corrected chi connectivity index (χ2v) is 8.26. The summed E-state index contributed by atoms with van der Waals surface area (Å²) in [4.78, 5) is 16.9. The number of morpholine rings is 1. The molecule has 0 aromatic heterocycles. The predicted octanol–water partition coefficient (Wildman–Crippen LogP) is 4.33. The third-order valence-corrected chi connectivity index (χ3v) is 5.59. The Hall–Kier alpha value is -1.69. The van der Waals surface area contributed by atoms with Gasteiger partial charge in [0, 0.05) is 43.3 Å². The molecule has 1 aliphatic heterocycles. The van der Waals surface area contributed by atoms with Crippen LogP contribution in [0, 0.1) is 0 Å². The topological polar surface area (TPSA) is 32.8 Å². The molecule has 0 radical (unpaired) electrons. The van der Waals surface area contributed by atoms with Crippen molar-refractivity contribution in [2.75, 3.05) is 20.1 Å². The van der Waals surface area contributed by atoms with E-state index in [1.807, 2.05) is 43.4 Å². The van der Waals surface area contributed by atoms with E-state index in [9.17, 15) is 4.79 Å². The smallest absolute Gasteiger partial charge is 0.253 e. The first-order valence-corrected chi connectivity index (χ1v) is 10.2. The first-order chi connectivity index (χ1) is 12.9. The van der Waals surface area contributed by atoms with Crippen LogP contribution < -0.4 is 0 Å². The third-order valence-electron chi connectivity index (χ3n) is 4.81. The summed E-state index contributed by atoms with van der Waals surface area (Å²) in [6, 6.07) is 16.0. The number of benzene rings is 2. The number of carbonyl (C=O) groups excluding carboxylic acids is 1. The molecule has 0 N–H and O–H groups in total. The lowest BCUT2D eigenvalue weighted by Gasteiger charge is -2.35. The molecule has 1 amide bonds. The molecule has 5 heteroatoms. The lowest BCUT2D eigenvalue weighted by molar-refractivity contribution is -0.0704. The number of carbonyl (C=O) groups is 1. The highest BCUT2D eigenvalue weighted by atomic mass is 79.9. The Labute approximate surface area is 170 Å². The second-order valence-electron chi connectivity index (χ2n) is 7.40. The van der Waals surface area contributed by atoms with Crippen molar-refractivity contribution in [3.63, 3.8) is 0 Å². The number of hydrogen-bond donors (Lipinski definition) is 0. The van der Waals surface area contributed by atoms with Gasteiger partial charge < -0.3 is 9.64 Å². The van der Waals surface area contributed by atoms with Gasteiger partial charge in [-0.2, -0.15) is 0 Å². The highest BCUT2D eigenvalue weighted by molar-refractivity contribution is 9.10. The summed E-state index contributed by atoms with van der Waals surface area (Å²) in [5.74, 6) is 0.0333. The van der Waals surface area contributed by atoms with Gasteiger partial charge in [0.1, 0.15) is 0 Å². The quantitative estimate of drug-likeness (QED) is 0.707. The Morgan fingerprint density at radius 1 is 1.11 bits per heavy atom. The fourth-order valence-corrected chi connectivity index (χ4v) is 4.01. The summed E-state index contributed by atoms with van der Waals surface area (Å²) in [6.45, 7) is 7.58. The van der Waals surface area contributed by atoms with Crippen LogP contribution >= 0.6 is 15.9 Å². The van der Waals surface area contributed by atoms with E-state index in [4.69, 9.17) is 4.74 Å². The van der Waals surface area contributed by atoms with Crippen LogP contribution in [0.25, 0.3) is 0 Å². The van der Waals surface area contributed by atoms with Crippen molar-refractivity contribution in [3.8, 4) is 0 Å². The summed E-state index contributed by atoms with van der Waals surface area (Å²) >= 11 is 3.54. The zero-order valence-electron chi connectivity index (χ0n) is 16.2. The molecule has 2 unspecified atom stereocenters. The summed E-state index contributed by atoms with van der Waals surface area (Å²) in [7, 11) is 1.84. The normalized spacial score (nSPS) is 20.4. The molecule has 0 spiro atoms. The summed E-state index contributed by atoms with van der Waals surface area (Å²) in [5.41, 5.74) is 3.04. The minimum atomic E-state index is 0.0333.